The van der Waals surface area contributed by atoms with E-state index in [4.69, 9.17) is 0 Å². The molecular formula is C25H25N3O3S2. The van der Waals surface area contributed by atoms with E-state index in [9.17, 15) is 13.2 Å². The highest BCUT2D eigenvalue weighted by molar-refractivity contribution is 7.92. The topological polar surface area (TPSA) is 71.7 Å². The van der Waals surface area contributed by atoms with E-state index < -0.39 is 15.9 Å². The van der Waals surface area contributed by atoms with Gasteiger partial charge in [0, 0.05) is 19.2 Å². The summed E-state index contributed by atoms with van der Waals surface area (Å²) in [5.74, 6) is -0.403. The molecule has 4 rings (SSSR count). The maximum atomic E-state index is 13.0. The molecule has 4 aromatic rings. The van der Waals surface area contributed by atoms with Gasteiger partial charge >= 0.3 is 0 Å². The summed E-state index contributed by atoms with van der Waals surface area (Å²) in [6.07, 6.45) is 0. The second kappa shape index (κ2) is 8.96. The van der Waals surface area contributed by atoms with Crippen LogP contribution in [0.5, 0.6) is 0 Å². The highest BCUT2D eigenvalue weighted by atomic mass is 32.2. The molecule has 0 N–H and O–H groups in total. The van der Waals surface area contributed by atoms with Crippen molar-refractivity contribution in [2.24, 2.45) is 4.99 Å². The minimum atomic E-state index is -3.74. The number of sulfonamides is 1. The third-order valence-electron chi connectivity index (χ3n) is 5.62. The average molecular weight is 480 g/mol. The Morgan fingerprint density at radius 1 is 0.970 bits per heavy atom. The molecular weight excluding hydrogens is 454 g/mol. The number of hydrogen-bond donors (Lipinski definition) is 0. The number of aromatic nitrogens is 1. The summed E-state index contributed by atoms with van der Waals surface area (Å²) in [4.78, 5) is 18.0. The molecule has 1 amide bonds. The third-order valence-corrected chi connectivity index (χ3v) is 8.63. The molecule has 33 heavy (non-hydrogen) atoms. The van der Waals surface area contributed by atoms with Gasteiger partial charge in [0.1, 0.15) is 0 Å². The summed E-state index contributed by atoms with van der Waals surface area (Å²) in [6, 6.07) is 18.9. The van der Waals surface area contributed by atoms with Crippen molar-refractivity contribution in [3.63, 3.8) is 0 Å². The van der Waals surface area contributed by atoms with Crippen molar-refractivity contribution in [3.05, 3.63) is 88.2 Å². The number of fused-ring (bicyclic) bond motifs is 1. The molecule has 0 spiro atoms. The van der Waals surface area contributed by atoms with Crippen molar-refractivity contribution in [3.8, 4) is 0 Å². The van der Waals surface area contributed by atoms with E-state index in [0.717, 1.165) is 21.3 Å². The first-order valence-corrected chi connectivity index (χ1v) is 12.8. The first-order valence-electron chi connectivity index (χ1n) is 10.6. The number of para-hydroxylation sites is 1. The minimum Gasteiger partial charge on any atom is -0.316 e. The fraction of sp³-hybridized carbons (Fsp3) is 0.200. The molecule has 3 aromatic carbocycles. The van der Waals surface area contributed by atoms with Crippen molar-refractivity contribution in [2.75, 3.05) is 11.4 Å². The Morgan fingerprint density at radius 3 is 2.24 bits per heavy atom. The Hall–Kier alpha value is -3.23. The second-order valence-corrected chi connectivity index (χ2v) is 10.7. The maximum Gasteiger partial charge on any atom is 0.279 e. The number of thiazole rings is 1. The van der Waals surface area contributed by atoms with Crippen LogP contribution in [0.3, 0.4) is 0 Å². The van der Waals surface area contributed by atoms with Gasteiger partial charge in [-0.05, 0) is 68.3 Å². The van der Waals surface area contributed by atoms with Gasteiger partial charge in [-0.2, -0.15) is 4.99 Å². The van der Waals surface area contributed by atoms with Gasteiger partial charge in [-0.15, -0.1) is 0 Å². The molecule has 8 heteroatoms. The molecule has 6 nitrogen and oxygen atoms in total. The fourth-order valence-corrected chi connectivity index (χ4v) is 6.14. The van der Waals surface area contributed by atoms with E-state index in [1.54, 1.807) is 24.3 Å². The SMILES string of the molecule is CCn1c(=NC(=O)c2ccc(S(=O)(=O)N(C)c3ccccc3)cc2)sc2c(C)ccc(C)c21. The van der Waals surface area contributed by atoms with Gasteiger partial charge in [-0.1, -0.05) is 41.7 Å². The standard InChI is InChI=1S/C25H25N3O3S2/c1-5-28-22-17(2)11-12-18(3)23(22)32-25(28)26-24(29)19-13-15-21(16-14-19)33(30,31)27(4)20-9-7-6-8-10-20/h6-16H,5H2,1-4H3. The predicted octanol–water partition coefficient (Wildman–Crippen LogP) is 4.91. The molecule has 0 radical (unpaired) electrons. The fourth-order valence-electron chi connectivity index (χ4n) is 3.71. The van der Waals surface area contributed by atoms with Crippen LogP contribution in [0, 0.1) is 13.8 Å². The number of benzene rings is 3. The molecule has 1 heterocycles. The Bertz CT molecular complexity index is 1500. The van der Waals surface area contributed by atoms with Gasteiger partial charge in [-0.3, -0.25) is 9.10 Å². The quantitative estimate of drug-likeness (QED) is 0.408. The van der Waals surface area contributed by atoms with Gasteiger partial charge in [0.2, 0.25) is 0 Å². The second-order valence-electron chi connectivity index (χ2n) is 7.76. The number of hydrogen-bond acceptors (Lipinski definition) is 4. The third kappa shape index (κ3) is 4.24. The molecule has 0 bridgehead atoms. The van der Waals surface area contributed by atoms with Gasteiger partial charge in [-0.25, -0.2) is 8.42 Å². The molecule has 170 valence electrons. The number of carbonyl (C=O) groups is 1. The van der Waals surface area contributed by atoms with Gasteiger partial charge in [0.15, 0.2) is 4.80 Å². The minimum absolute atomic E-state index is 0.113. The average Bonchev–Trinajstić information content (AvgIpc) is 3.21. The van der Waals surface area contributed by atoms with Crippen LogP contribution in [0.1, 0.15) is 28.4 Å². The highest BCUT2D eigenvalue weighted by Crippen LogP contribution is 2.25. The zero-order valence-corrected chi connectivity index (χ0v) is 20.6. The number of rotatable bonds is 5. The van der Waals surface area contributed by atoms with Crippen LogP contribution in [0.4, 0.5) is 5.69 Å². The summed E-state index contributed by atoms with van der Waals surface area (Å²) >= 11 is 1.49. The summed E-state index contributed by atoms with van der Waals surface area (Å²) < 4.78 is 30.3. The van der Waals surface area contributed by atoms with E-state index in [1.807, 2.05) is 17.6 Å². The van der Waals surface area contributed by atoms with Crippen molar-refractivity contribution in [1.82, 2.24) is 4.57 Å². The molecule has 1 aromatic heterocycles. The molecule has 0 atom stereocenters. The van der Waals surface area contributed by atoms with E-state index in [1.165, 1.54) is 47.0 Å². The van der Waals surface area contributed by atoms with Gasteiger partial charge in [0.25, 0.3) is 15.9 Å². The molecule has 0 aliphatic carbocycles. The van der Waals surface area contributed by atoms with Crippen LogP contribution < -0.4 is 9.11 Å². The monoisotopic (exact) mass is 479 g/mol. The van der Waals surface area contributed by atoms with Crippen molar-refractivity contribution < 1.29 is 13.2 Å². The zero-order valence-electron chi connectivity index (χ0n) is 18.9. The van der Waals surface area contributed by atoms with E-state index in [2.05, 4.69) is 31.0 Å². The zero-order chi connectivity index (χ0) is 23.8. The van der Waals surface area contributed by atoms with Crippen LogP contribution in [0.15, 0.2) is 76.6 Å². The molecule has 0 fully saturated rings. The van der Waals surface area contributed by atoms with Crippen molar-refractivity contribution in [2.45, 2.75) is 32.2 Å². The largest absolute Gasteiger partial charge is 0.316 e. The summed E-state index contributed by atoms with van der Waals surface area (Å²) in [5, 5.41) is 0. The molecule has 0 saturated carbocycles. The van der Waals surface area contributed by atoms with Crippen LogP contribution in [0.25, 0.3) is 10.2 Å². The summed E-state index contributed by atoms with van der Waals surface area (Å²) in [6.45, 7) is 6.83. The van der Waals surface area contributed by atoms with Crippen molar-refractivity contribution in [1.29, 1.82) is 0 Å². The Morgan fingerprint density at radius 2 is 1.61 bits per heavy atom. The highest BCUT2D eigenvalue weighted by Gasteiger charge is 2.21. The first-order chi connectivity index (χ1) is 15.7. The van der Waals surface area contributed by atoms with Crippen LogP contribution >= 0.6 is 11.3 Å². The lowest BCUT2D eigenvalue weighted by Crippen LogP contribution is -2.26. The summed E-state index contributed by atoms with van der Waals surface area (Å²) in [7, 11) is -2.23. The molecule has 0 aliphatic heterocycles. The molecule has 0 saturated heterocycles. The Labute approximate surface area is 197 Å². The van der Waals surface area contributed by atoms with E-state index >= 15 is 0 Å². The lowest BCUT2D eigenvalue weighted by molar-refractivity contribution is 0.0997. The lowest BCUT2D eigenvalue weighted by atomic mass is 10.1. The van der Waals surface area contributed by atoms with Gasteiger partial charge < -0.3 is 4.57 Å². The lowest BCUT2D eigenvalue weighted by Gasteiger charge is -2.19. The Balaban J connectivity index is 1.68. The number of aryl methyl sites for hydroxylation is 3. The predicted molar refractivity (Wildman–Crippen MR) is 133 cm³/mol. The maximum absolute atomic E-state index is 13.0. The van der Waals surface area contributed by atoms with E-state index in [-0.39, 0.29) is 4.90 Å². The number of anilines is 1. The number of amides is 1. The van der Waals surface area contributed by atoms with E-state index in [0.29, 0.717) is 22.6 Å². The number of nitrogens with zero attached hydrogens (tertiary/aromatic N) is 3. The summed E-state index contributed by atoms with van der Waals surface area (Å²) in [5.41, 5.74) is 4.28. The first kappa shape index (κ1) is 22.9. The Kier molecular flexibility index (Phi) is 6.23. The van der Waals surface area contributed by atoms with Gasteiger partial charge in [0.05, 0.1) is 20.8 Å². The van der Waals surface area contributed by atoms with Crippen LogP contribution in [-0.4, -0.2) is 25.9 Å². The number of carbonyl (C=O) groups excluding carboxylic acids is 1. The smallest absolute Gasteiger partial charge is 0.279 e. The van der Waals surface area contributed by atoms with Crippen LogP contribution in [0.2, 0.25) is 0 Å². The van der Waals surface area contributed by atoms with Crippen molar-refractivity contribution >= 4 is 43.2 Å². The molecule has 0 aliphatic rings. The normalized spacial score (nSPS) is 12.3. The van der Waals surface area contributed by atoms with Crippen LogP contribution in [-0.2, 0) is 16.6 Å². The molecule has 0 unspecified atom stereocenters.